The third-order valence-corrected chi connectivity index (χ3v) is 3.57. The first kappa shape index (κ1) is 9.21. The zero-order valence-electron chi connectivity index (χ0n) is 8.14. The lowest BCUT2D eigenvalue weighted by Gasteiger charge is -2.01. The quantitative estimate of drug-likeness (QED) is 0.678. The summed E-state index contributed by atoms with van der Waals surface area (Å²) < 4.78 is 0. The van der Waals surface area contributed by atoms with Crippen LogP contribution in [0.3, 0.4) is 0 Å². The normalized spacial score (nSPS) is 20.2. The maximum absolute atomic E-state index is 9.04. The Bertz CT molecular complexity index is 629. The van der Waals surface area contributed by atoms with E-state index in [-0.39, 0.29) is 5.37 Å². The Hall–Kier alpha value is -2.04. The lowest BCUT2D eigenvalue weighted by atomic mass is 10.0. The first-order valence-electron chi connectivity index (χ1n) is 4.73. The van der Waals surface area contributed by atoms with Crippen molar-refractivity contribution in [2.24, 2.45) is 4.99 Å². The van der Waals surface area contributed by atoms with Gasteiger partial charge in [-0.25, -0.2) is 0 Å². The van der Waals surface area contributed by atoms with Gasteiger partial charge in [0.2, 0.25) is 0 Å². The average Bonchev–Trinajstić information content (AvgIpc) is 2.84. The van der Waals surface area contributed by atoms with Crippen molar-refractivity contribution in [1.82, 2.24) is 0 Å². The SMILES string of the molecule is N#Cc1cccc2c1C1=NC(C#N)SC1=C2. The molecule has 0 fully saturated rings. The third kappa shape index (κ3) is 1.11. The Balaban J connectivity index is 2.23. The highest BCUT2D eigenvalue weighted by Gasteiger charge is 2.31. The molecule has 0 spiro atoms. The molecule has 1 atom stereocenters. The van der Waals surface area contributed by atoms with Crippen molar-refractivity contribution in [3.8, 4) is 12.1 Å². The predicted molar refractivity (Wildman–Crippen MR) is 62.7 cm³/mol. The van der Waals surface area contributed by atoms with Gasteiger partial charge in [0.1, 0.15) is 6.07 Å². The molecule has 1 heterocycles. The van der Waals surface area contributed by atoms with Gasteiger partial charge in [-0.2, -0.15) is 10.5 Å². The van der Waals surface area contributed by atoms with Crippen molar-refractivity contribution in [3.63, 3.8) is 0 Å². The van der Waals surface area contributed by atoms with Crippen LogP contribution < -0.4 is 0 Å². The van der Waals surface area contributed by atoms with E-state index in [4.69, 9.17) is 10.5 Å². The van der Waals surface area contributed by atoms with Crippen LogP contribution in [0.25, 0.3) is 6.08 Å². The number of nitrogens with zero attached hydrogens (tertiary/aromatic N) is 3. The lowest BCUT2D eigenvalue weighted by Crippen LogP contribution is -1.99. The number of benzene rings is 1. The molecule has 0 amide bonds. The molecule has 74 valence electrons. The van der Waals surface area contributed by atoms with Gasteiger partial charge in [-0.05, 0) is 17.7 Å². The second-order valence-electron chi connectivity index (χ2n) is 3.47. The van der Waals surface area contributed by atoms with E-state index in [9.17, 15) is 0 Å². The summed E-state index contributed by atoms with van der Waals surface area (Å²) in [5.74, 6) is 0. The summed E-state index contributed by atoms with van der Waals surface area (Å²) >= 11 is 1.44. The van der Waals surface area contributed by atoms with Crippen molar-refractivity contribution >= 4 is 23.5 Å². The highest BCUT2D eigenvalue weighted by molar-refractivity contribution is 8.05. The number of fused-ring (bicyclic) bond motifs is 3. The fourth-order valence-electron chi connectivity index (χ4n) is 1.92. The second-order valence-corrected chi connectivity index (χ2v) is 4.59. The Labute approximate surface area is 96.7 Å². The van der Waals surface area contributed by atoms with E-state index in [0.29, 0.717) is 5.56 Å². The third-order valence-electron chi connectivity index (χ3n) is 2.57. The highest BCUT2D eigenvalue weighted by Crippen LogP contribution is 2.41. The molecule has 0 saturated carbocycles. The van der Waals surface area contributed by atoms with Gasteiger partial charge in [0, 0.05) is 10.5 Å². The molecule has 1 aromatic carbocycles. The van der Waals surface area contributed by atoms with Gasteiger partial charge < -0.3 is 0 Å². The molecule has 1 aliphatic heterocycles. The zero-order valence-corrected chi connectivity index (χ0v) is 8.95. The van der Waals surface area contributed by atoms with Gasteiger partial charge in [-0.3, -0.25) is 4.99 Å². The van der Waals surface area contributed by atoms with Crippen LogP contribution in [0.2, 0.25) is 0 Å². The monoisotopic (exact) mass is 223 g/mol. The standard InChI is InChI=1S/C12H5N3S/c13-5-8-3-1-2-7-4-9-12(11(7)8)15-10(6-14)16-9/h1-4,10H. The molecule has 3 rings (SSSR count). The van der Waals surface area contributed by atoms with Crippen LogP contribution in [0, 0.1) is 22.7 Å². The fourth-order valence-corrected chi connectivity index (χ4v) is 2.83. The summed E-state index contributed by atoms with van der Waals surface area (Å²) in [6, 6.07) is 9.89. The van der Waals surface area contributed by atoms with Crippen LogP contribution in [0.5, 0.6) is 0 Å². The van der Waals surface area contributed by atoms with Crippen LogP contribution in [0.15, 0.2) is 28.1 Å². The van der Waals surface area contributed by atoms with E-state index in [2.05, 4.69) is 17.1 Å². The van der Waals surface area contributed by atoms with E-state index < -0.39 is 0 Å². The van der Waals surface area contributed by atoms with Crippen molar-refractivity contribution in [2.75, 3.05) is 0 Å². The zero-order chi connectivity index (χ0) is 11.1. The van der Waals surface area contributed by atoms with Crippen molar-refractivity contribution in [1.29, 1.82) is 10.5 Å². The molecule has 4 heteroatoms. The summed E-state index contributed by atoms with van der Waals surface area (Å²) in [7, 11) is 0. The predicted octanol–water partition coefficient (Wildman–Crippen LogP) is 2.30. The van der Waals surface area contributed by atoms with E-state index in [1.54, 1.807) is 6.07 Å². The molecule has 0 aromatic heterocycles. The lowest BCUT2D eigenvalue weighted by molar-refractivity contribution is 1.18. The van der Waals surface area contributed by atoms with Gasteiger partial charge in [0.25, 0.3) is 0 Å². The number of allylic oxidation sites excluding steroid dienone is 1. The van der Waals surface area contributed by atoms with Gasteiger partial charge in [0.05, 0.1) is 17.3 Å². The minimum absolute atomic E-state index is 0.360. The summed E-state index contributed by atoms with van der Waals surface area (Å²) in [5.41, 5.74) is 3.34. The molecule has 1 aliphatic carbocycles. The second kappa shape index (κ2) is 3.23. The Morgan fingerprint density at radius 2 is 2.19 bits per heavy atom. The summed E-state index contributed by atoms with van der Waals surface area (Å²) in [6.07, 6.45) is 2.00. The minimum Gasteiger partial charge on any atom is -0.254 e. The Morgan fingerprint density at radius 3 is 2.94 bits per heavy atom. The van der Waals surface area contributed by atoms with Gasteiger partial charge in [-0.15, -0.1) is 0 Å². The van der Waals surface area contributed by atoms with Crippen molar-refractivity contribution in [3.05, 3.63) is 39.8 Å². The van der Waals surface area contributed by atoms with Crippen molar-refractivity contribution < 1.29 is 0 Å². The maximum atomic E-state index is 9.04. The Morgan fingerprint density at radius 1 is 1.31 bits per heavy atom. The summed E-state index contributed by atoms with van der Waals surface area (Å²) in [6.45, 7) is 0. The summed E-state index contributed by atoms with van der Waals surface area (Å²) in [5, 5.41) is 17.5. The molecular weight excluding hydrogens is 218 g/mol. The largest absolute Gasteiger partial charge is 0.254 e. The van der Waals surface area contributed by atoms with E-state index >= 15 is 0 Å². The number of aliphatic imine (C=N–C) groups is 1. The van der Waals surface area contributed by atoms with Gasteiger partial charge in [-0.1, -0.05) is 23.9 Å². The molecule has 0 N–H and O–H groups in total. The molecule has 3 nitrogen and oxygen atoms in total. The van der Waals surface area contributed by atoms with Crippen LogP contribution in [0.1, 0.15) is 16.7 Å². The number of nitriles is 2. The topological polar surface area (TPSA) is 59.9 Å². The van der Waals surface area contributed by atoms with Crippen molar-refractivity contribution in [2.45, 2.75) is 5.37 Å². The number of hydrogen-bond acceptors (Lipinski definition) is 4. The van der Waals surface area contributed by atoms with Gasteiger partial charge in [0.15, 0.2) is 5.37 Å². The molecule has 16 heavy (non-hydrogen) atoms. The minimum atomic E-state index is -0.360. The molecule has 2 aliphatic rings. The van der Waals surface area contributed by atoms with Gasteiger partial charge >= 0.3 is 0 Å². The molecule has 0 radical (unpaired) electrons. The van der Waals surface area contributed by atoms with Crippen LogP contribution >= 0.6 is 11.8 Å². The van der Waals surface area contributed by atoms with E-state index in [1.807, 2.05) is 18.2 Å². The molecular formula is C12H5N3S. The fraction of sp³-hybridized carbons (Fsp3) is 0.0833. The molecule has 0 saturated heterocycles. The van der Waals surface area contributed by atoms with Crippen LogP contribution in [0.4, 0.5) is 0 Å². The molecule has 0 bridgehead atoms. The summed E-state index contributed by atoms with van der Waals surface area (Å²) in [4.78, 5) is 5.32. The molecule has 1 aromatic rings. The molecule has 1 unspecified atom stereocenters. The van der Waals surface area contributed by atoms with E-state index in [1.165, 1.54) is 11.8 Å². The highest BCUT2D eigenvalue weighted by atomic mass is 32.2. The Kier molecular flexibility index (Phi) is 1.86. The number of rotatable bonds is 0. The first-order valence-corrected chi connectivity index (χ1v) is 5.61. The maximum Gasteiger partial charge on any atom is 0.187 e. The number of hydrogen-bond donors (Lipinski definition) is 0. The first-order chi connectivity index (χ1) is 7.83. The smallest absolute Gasteiger partial charge is 0.187 e. The van der Waals surface area contributed by atoms with Crippen LogP contribution in [-0.4, -0.2) is 11.1 Å². The average molecular weight is 223 g/mol. The van der Waals surface area contributed by atoms with E-state index in [0.717, 1.165) is 21.7 Å². The number of thioether (sulfide) groups is 1. The van der Waals surface area contributed by atoms with Crippen LogP contribution in [-0.2, 0) is 0 Å².